The standard InChI is InChI=1S/C9H9F3N2/c10-9(11,12)8-4-3-6-7(14-8)2-1-5-13-6/h3-4,13H,1-2,5H2. The van der Waals surface area contributed by atoms with E-state index in [9.17, 15) is 13.2 Å². The quantitative estimate of drug-likeness (QED) is 0.699. The maximum atomic E-state index is 12.3. The zero-order valence-corrected chi connectivity index (χ0v) is 7.36. The molecule has 0 saturated heterocycles. The van der Waals surface area contributed by atoms with Crippen molar-refractivity contribution in [3.8, 4) is 0 Å². The molecule has 0 aromatic carbocycles. The van der Waals surface area contributed by atoms with Gasteiger partial charge in [0.05, 0.1) is 11.4 Å². The Morgan fingerprint density at radius 3 is 2.79 bits per heavy atom. The number of alkyl halides is 3. The van der Waals surface area contributed by atoms with Crippen LogP contribution in [-0.4, -0.2) is 11.5 Å². The number of aromatic nitrogens is 1. The van der Waals surface area contributed by atoms with Crippen LogP contribution in [0.25, 0.3) is 0 Å². The number of hydrogen-bond donors (Lipinski definition) is 1. The minimum atomic E-state index is -4.34. The first-order chi connectivity index (χ1) is 6.57. The number of pyridine rings is 1. The van der Waals surface area contributed by atoms with Crippen LogP contribution in [0.3, 0.4) is 0 Å². The second-order valence-electron chi connectivity index (χ2n) is 3.22. The summed E-state index contributed by atoms with van der Waals surface area (Å²) < 4.78 is 36.8. The molecule has 0 fully saturated rings. The molecule has 0 spiro atoms. The Balaban J connectivity index is 2.39. The van der Waals surface area contributed by atoms with Crippen LogP contribution in [-0.2, 0) is 12.6 Å². The van der Waals surface area contributed by atoms with Crippen LogP contribution in [0.15, 0.2) is 12.1 Å². The van der Waals surface area contributed by atoms with Crippen molar-refractivity contribution < 1.29 is 13.2 Å². The first-order valence-corrected chi connectivity index (χ1v) is 4.38. The summed E-state index contributed by atoms with van der Waals surface area (Å²) in [5.41, 5.74) is 0.440. The van der Waals surface area contributed by atoms with E-state index in [1.165, 1.54) is 6.07 Å². The lowest BCUT2D eigenvalue weighted by molar-refractivity contribution is -0.141. The van der Waals surface area contributed by atoms with Crippen molar-refractivity contribution >= 4 is 5.69 Å². The van der Waals surface area contributed by atoms with Gasteiger partial charge in [-0.1, -0.05) is 0 Å². The van der Waals surface area contributed by atoms with Crippen LogP contribution in [0.1, 0.15) is 17.8 Å². The van der Waals surface area contributed by atoms with Gasteiger partial charge in [-0.05, 0) is 25.0 Å². The topological polar surface area (TPSA) is 24.9 Å². The first-order valence-electron chi connectivity index (χ1n) is 4.38. The Morgan fingerprint density at radius 2 is 2.07 bits per heavy atom. The molecule has 0 aliphatic carbocycles. The normalized spacial score (nSPS) is 15.9. The fraction of sp³-hybridized carbons (Fsp3) is 0.444. The molecule has 2 heterocycles. The van der Waals surface area contributed by atoms with Gasteiger partial charge < -0.3 is 5.32 Å². The predicted molar refractivity (Wildman–Crippen MR) is 46.0 cm³/mol. The van der Waals surface area contributed by atoms with E-state index >= 15 is 0 Å². The Labute approximate surface area is 79.2 Å². The van der Waals surface area contributed by atoms with E-state index in [4.69, 9.17) is 0 Å². The van der Waals surface area contributed by atoms with Gasteiger partial charge in [-0.15, -0.1) is 0 Å². The van der Waals surface area contributed by atoms with E-state index < -0.39 is 11.9 Å². The highest BCUT2D eigenvalue weighted by Crippen LogP contribution is 2.30. The maximum absolute atomic E-state index is 12.3. The fourth-order valence-electron chi connectivity index (χ4n) is 1.49. The summed E-state index contributed by atoms with van der Waals surface area (Å²) >= 11 is 0. The van der Waals surface area contributed by atoms with Crippen molar-refractivity contribution in [2.24, 2.45) is 0 Å². The molecule has 5 heteroatoms. The average molecular weight is 202 g/mol. The maximum Gasteiger partial charge on any atom is 0.433 e. The summed E-state index contributed by atoms with van der Waals surface area (Å²) in [6, 6.07) is 2.46. The molecule has 0 saturated carbocycles. The molecule has 1 aliphatic heterocycles. The highest BCUT2D eigenvalue weighted by molar-refractivity contribution is 5.50. The minimum Gasteiger partial charge on any atom is -0.384 e. The van der Waals surface area contributed by atoms with Crippen LogP contribution < -0.4 is 5.32 Å². The van der Waals surface area contributed by atoms with E-state index in [0.717, 1.165) is 24.7 Å². The average Bonchev–Trinajstić information content (AvgIpc) is 2.16. The first kappa shape index (κ1) is 9.30. The zero-order valence-electron chi connectivity index (χ0n) is 7.36. The van der Waals surface area contributed by atoms with Gasteiger partial charge >= 0.3 is 6.18 Å². The summed E-state index contributed by atoms with van der Waals surface area (Å²) in [5, 5.41) is 3.01. The smallest absolute Gasteiger partial charge is 0.384 e. The molecule has 1 aromatic rings. The fourth-order valence-corrected chi connectivity index (χ4v) is 1.49. The van der Waals surface area contributed by atoms with Crippen LogP contribution in [0.5, 0.6) is 0 Å². The van der Waals surface area contributed by atoms with Crippen LogP contribution in [0.4, 0.5) is 18.9 Å². The molecule has 1 aromatic heterocycles. The van der Waals surface area contributed by atoms with E-state index in [1.54, 1.807) is 0 Å². The number of anilines is 1. The second kappa shape index (κ2) is 3.15. The lowest BCUT2D eigenvalue weighted by atomic mass is 10.1. The third-order valence-corrected chi connectivity index (χ3v) is 2.17. The second-order valence-corrected chi connectivity index (χ2v) is 3.22. The minimum absolute atomic E-state index is 0.520. The van der Waals surface area contributed by atoms with Crippen LogP contribution >= 0.6 is 0 Å². The zero-order chi connectivity index (χ0) is 10.2. The van der Waals surface area contributed by atoms with Gasteiger partial charge in [0.25, 0.3) is 0 Å². The van der Waals surface area contributed by atoms with Gasteiger partial charge in [0.15, 0.2) is 0 Å². The van der Waals surface area contributed by atoms with Gasteiger partial charge in [-0.25, -0.2) is 4.98 Å². The summed E-state index contributed by atoms with van der Waals surface area (Å²) in [4.78, 5) is 3.60. The molecule has 76 valence electrons. The lowest BCUT2D eigenvalue weighted by Gasteiger charge is -2.18. The van der Waals surface area contributed by atoms with Crippen LogP contribution in [0.2, 0.25) is 0 Å². The van der Waals surface area contributed by atoms with Gasteiger partial charge in [0.2, 0.25) is 0 Å². The number of halogens is 3. The van der Waals surface area contributed by atoms with Crippen molar-refractivity contribution in [3.05, 3.63) is 23.5 Å². The summed E-state index contributed by atoms with van der Waals surface area (Å²) in [6.07, 6.45) is -2.89. The van der Waals surface area contributed by atoms with E-state index in [1.807, 2.05) is 0 Å². The Bertz CT molecular complexity index is 346. The third kappa shape index (κ3) is 1.66. The lowest BCUT2D eigenvalue weighted by Crippen LogP contribution is -2.16. The summed E-state index contributed by atoms with van der Waals surface area (Å²) in [6.45, 7) is 0.806. The van der Waals surface area contributed by atoms with Crippen molar-refractivity contribution in [3.63, 3.8) is 0 Å². The van der Waals surface area contributed by atoms with E-state index in [0.29, 0.717) is 12.1 Å². The molecule has 0 amide bonds. The molecule has 0 atom stereocenters. The Kier molecular flexibility index (Phi) is 2.09. The number of hydrogen-bond acceptors (Lipinski definition) is 2. The highest BCUT2D eigenvalue weighted by Gasteiger charge is 2.33. The van der Waals surface area contributed by atoms with Crippen molar-refractivity contribution in [1.82, 2.24) is 4.98 Å². The molecule has 0 bridgehead atoms. The SMILES string of the molecule is FC(F)(F)c1ccc2c(n1)CCCN2. The van der Waals surface area contributed by atoms with Crippen molar-refractivity contribution in [2.75, 3.05) is 11.9 Å². The van der Waals surface area contributed by atoms with Gasteiger partial charge in [-0.3, -0.25) is 0 Å². The van der Waals surface area contributed by atoms with Gasteiger partial charge in [0, 0.05) is 6.54 Å². The molecule has 0 unspecified atom stereocenters. The van der Waals surface area contributed by atoms with Crippen molar-refractivity contribution in [1.29, 1.82) is 0 Å². The Hall–Kier alpha value is -1.26. The number of fused-ring (bicyclic) bond motifs is 1. The monoisotopic (exact) mass is 202 g/mol. The Morgan fingerprint density at radius 1 is 1.29 bits per heavy atom. The number of aryl methyl sites for hydroxylation is 1. The third-order valence-electron chi connectivity index (χ3n) is 2.17. The summed E-state index contributed by atoms with van der Waals surface area (Å²) in [7, 11) is 0. The number of rotatable bonds is 0. The largest absolute Gasteiger partial charge is 0.433 e. The number of nitrogens with one attached hydrogen (secondary N) is 1. The predicted octanol–water partition coefficient (Wildman–Crippen LogP) is 2.46. The van der Waals surface area contributed by atoms with Gasteiger partial charge in [-0.2, -0.15) is 13.2 Å². The van der Waals surface area contributed by atoms with E-state index in [-0.39, 0.29) is 0 Å². The molecule has 1 aliphatic rings. The van der Waals surface area contributed by atoms with Crippen LogP contribution in [0, 0.1) is 0 Å². The molecule has 1 N–H and O–H groups in total. The molecular formula is C9H9F3N2. The molecule has 2 rings (SSSR count). The van der Waals surface area contributed by atoms with Gasteiger partial charge in [0.1, 0.15) is 5.69 Å². The molecule has 2 nitrogen and oxygen atoms in total. The molecule has 0 radical (unpaired) electrons. The highest BCUT2D eigenvalue weighted by atomic mass is 19.4. The summed E-state index contributed by atoms with van der Waals surface area (Å²) in [5.74, 6) is 0. The van der Waals surface area contributed by atoms with E-state index in [2.05, 4.69) is 10.3 Å². The molecular weight excluding hydrogens is 193 g/mol. The van der Waals surface area contributed by atoms with Crippen molar-refractivity contribution in [2.45, 2.75) is 19.0 Å². The number of nitrogens with zero attached hydrogens (tertiary/aromatic N) is 1. The molecule has 14 heavy (non-hydrogen) atoms.